The van der Waals surface area contributed by atoms with Crippen molar-refractivity contribution in [3.8, 4) is 5.75 Å². The van der Waals surface area contributed by atoms with Crippen LogP contribution >= 0.6 is 0 Å². The number of amides is 1. The summed E-state index contributed by atoms with van der Waals surface area (Å²) in [5.41, 5.74) is 0.445. The third-order valence-electron chi connectivity index (χ3n) is 3.34. The second kappa shape index (κ2) is 5.67. The van der Waals surface area contributed by atoms with Gasteiger partial charge < -0.3 is 15.7 Å². The Balaban J connectivity index is 1.88. The highest BCUT2D eigenvalue weighted by atomic mass is 32.2. The standard InChI is InChI=1S/C13H14FN5O4S/c1-7-2-3-15-13(16-7)17-8-4-9(14)12(10(20)5-8)19-6-11(21)18-24(19,22)23/h2-5,13,16-17,20H,6H2,1H3,(H,18,21). The Morgan fingerprint density at radius 2 is 2.21 bits per heavy atom. The Kier molecular flexibility index (Phi) is 3.79. The zero-order valence-corrected chi connectivity index (χ0v) is 13.3. The number of halogens is 1. The summed E-state index contributed by atoms with van der Waals surface area (Å²) >= 11 is 0. The van der Waals surface area contributed by atoms with Crippen molar-refractivity contribution in [2.75, 3.05) is 16.2 Å². The van der Waals surface area contributed by atoms with Gasteiger partial charge in [0.15, 0.2) is 12.1 Å². The van der Waals surface area contributed by atoms with Crippen LogP contribution in [0, 0.1) is 5.82 Å². The van der Waals surface area contributed by atoms with E-state index < -0.39 is 46.2 Å². The van der Waals surface area contributed by atoms with Crippen molar-refractivity contribution >= 4 is 33.7 Å². The molecule has 1 saturated heterocycles. The minimum atomic E-state index is -4.21. The SMILES string of the molecule is CC1=CC=NC(Nc2cc(O)c(N3CC(=O)NS3(=O)=O)c(F)c2)N1. The maximum absolute atomic E-state index is 14.3. The molecule has 0 saturated carbocycles. The molecule has 3 rings (SSSR count). The summed E-state index contributed by atoms with van der Waals surface area (Å²) in [7, 11) is -4.21. The highest BCUT2D eigenvalue weighted by Gasteiger charge is 2.37. The molecule has 0 spiro atoms. The number of nitrogens with zero attached hydrogens (tertiary/aromatic N) is 2. The minimum Gasteiger partial charge on any atom is -0.506 e. The molecule has 0 bridgehead atoms. The maximum atomic E-state index is 14.3. The zero-order valence-electron chi connectivity index (χ0n) is 12.4. The van der Waals surface area contributed by atoms with Crippen LogP contribution in [-0.2, 0) is 15.0 Å². The number of phenolic OH excluding ortho intramolecular Hbond substituents is 1. The lowest BCUT2D eigenvalue weighted by atomic mass is 10.2. The number of hydrogen-bond donors (Lipinski definition) is 4. The highest BCUT2D eigenvalue weighted by molar-refractivity contribution is 7.92. The molecule has 1 amide bonds. The lowest BCUT2D eigenvalue weighted by molar-refractivity contribution is -0.117. The summed E-state index contributed by atoms with van der Waals surface area (Å²) in [5.74, 6) is -2.42. The third-order valence-corrected chi connectivity index (χ3v) is 4.72. The number of rotatable bonds is 3. The van der Waals surface area contributed by atoms with Gasteiger partial charge in [-0.15, -0.1) is 0 Å². The van der Waals surface area contributed by atoms with Gasteiger partial charge in [-0.3, -0.25) is 4.79 Å². The van der Waals surface area contributed by atoms with Gasteiger partial charge in [-0.05, 0) is 19.1 Å². The van der Waals surface area contributed by atoms with Gasteiger partial charge in [0.05, 0.1) is 0 Å². The molecule has 0 aromatic heterocycles. The smallest absolute Gasteiger partial charge is 0.326 e. The molecular formula is C13H14FN5O4S. The van der Waals surface area contributed by atoms with Gasteiger partial charge in [0.1, 0.15) is 18.0 Å². The number of carbonyl (C=O) groups excluding carboxylic acids is 1. The number of hydrogen-bond acceptors (Lipinski definition) is 7. The minimum absolute atomic E-state index is 0.189. The van der Waals surface area contributed by atoms with Crippen LogP contribution in [0.2, 0.25) is 0 Å². The quantitative estimate of drug-likeness (QED) is 0.605. The Hall–Kier alpha value is -2.82. The van der Waals surface area contributed by atoms with Crippen LogP contribution in [0.5, 0.6) is 5.75 Å². The van der Waals surface area contributed by atoms with E-state index in [1.807, 2.05) is 6.92 Å². The van der Waals surface area contributed by atoms with Crippen molar-refractivity contribution in [2.24, 2.45) is 4.99 Å². The number of aliphatic imine (C=N–C) groups is 1. The van der Waals surface area contributed by atoms with Crippen molar-refractivity contribution in [1.29, 1.82) is 0 Å². The molecule has 0 radical (unpaired) electrons. The topological polar surface area (TPSA) is 123 Å². The first-order chi connectivity index (χ1) is 11.3. The molecule has 2 heterocycles. The third kappa shape index (κ3) is 2.97. The summed E-state index contributed by atoms with van der Waals surface area (Å²) in [6, 6.07) is 2.17. The summed E-state index contributed by atoms with van der Waals surface area (Å²) in [6.07, 6.45) is 2.77. The van der Waals surface area contributed by atoms with E-state index in [1.165, 1.54) is 0 Å². The number of allylic oxidation sites excluding steroid dienone is 2. The van der Waals surface area contributed by atoms with Crippen LogP contribution in [0.3, 0.4) is 0 Å². The first-order valence-electron chi connectivity index (χ1n) is 6.85. The van der Waals surface area contributed by atoms with E-state index in [0.29, 0.717) is 4.31 Å². The van der Waals surface area contributed by atoms with Crippen LogP contribution in [0.1, 0.15) is 6.92 Å². The molecule has 2 aliphatic rings. The van der Waals surface area contributed by atoms with Gasteiger partial charge >= 0.3 is 10.2 Å². The number of nitrogens with one attached hydrogen (secondary N) is 3. The molecule has 24 heavy (non-hydrogen) atoms. The van der Waals surface area contributed by atoms with E-state index in [0.717, 1.165) is 17.8 Å². The molecule has 1 aromatic rings. The zero-order chi connectivity index (χ0) is 17.5. The summed E-state index contributed by atoms with van der Waals surface area (Å²) in [4.78, 5) is 15.3. The molecule has 1 unspecified atom stereocenters. The van der Waals surface area contributed by atoms with Gasteiger partial charge in [0.2, 0.25) is 0 Å². The van der Waals surface area contributed by atoms with Crippen LogP contribution in [0.4, 0.5) is 15.8 Å². The van der Waals surface area contributed by atoms with Crippen LogP contribution < -0.4 is 19.7 Å². The van der Waals surface area contributed by atoms with Gasteiger partial charge in [0, 0.05) is 23.7 Å². The first-order valence-corrected chi connectivity index (χ1v) is 8.29. The lowest BCUT2D eigenvalue weighted by Crippen LogP contribution is -2.35. The first kappa shape index (κ1) is 16.1. The van der Waals surface area contributed by atoms with Gasteiger partial charge in [-0.1, -0.05) is 0 Å². The van der Waals surface area contributed by atoms with Crippen LogP contribution in [-0.4, -0.2) is 38.5 Å². The van der Waals surface area contributed by atoms with Gasteiger partial charge in [-0.2, -0.15) is 8.42 Å². The van der Waals surface area contributed by atoms with Crippen molar-refractivity contribution in [3.05, 3.63) is 29.7 Å². The fourth-order valence-electron chi connectivity index (χ4n) is 2.33. The fraction of sp³-hybridized carbons (Fsp3) is 0.231. The predicted molar refractivity (Wildman–Crippen MR) is 85.3 cm³/mol. The average molecular weight is 355 g/mol. The van der Waals surface area contributed by atoms with Crippen molar-refractivity contribution in [1.82, 2.24) is 10.0 Å². The number of phenols is 1. The lowest BCUT2D eigenvalue weighted by Gasteiger charge is -2.22. The van der Waals surface area contributed by atoms with E-state index in [1.54, 1.807) is 17.0 Å². The molecular weight excluding hydrogens is 341 g/mol. The summed E-state index contributed by atoms with van der Waals surface area (Å²) < 4.78 is 40.1. The molecule has 4 N–H and O–H groups in total. The van der Waals surface area contributed by atoms with Crippen molar-refractivity contribution in [3.63, 3.8) is 0 Å². The highest BCUT2D eigenvalue weighted by Crippen LogP contribution is 2.36. The Morgan fingerprint density at radius 1 is 1.46 bits per heavy atom. The van der Waals surface area contributed by atoms with Crippen LogP contribution in [0.15, 0.2) is 28.9 Å². The molecule has 1 atom stereocenters. The summed E-state index contributed by atoms with van der Waals surface area (Å²) in [5, 5.41) is 15.9. The number of anilines is 2. The Morgan fingerprint density at radius 3 is 2.79 bits per heavy atom. The molecule has 1 fully saturated rings. The normalized spacial score (nSPS) is 21.9. The van der Waals surface area contributed by atoms with Gasteiger partial charge in [0.25, 0.3) is 5.91 Å². The van der Waals surface area contributed by atoms with E-state index in [9.17, 15) is 22.7 Å². The molecule has 9 nitrogen and oxygen atoms in total. The molecule has 1 aromatic carbocycles. The fourth-order valence-corrected chi connectivity index (χ4v) is 3.50. The Bertz CT molecular complexity index is 844. The molecule has 0 aliphatic carbocycles. The van der Waals surface area contributed by atoms with E-state index in [2.05, 4.69) is 15.6 Å². The number of carbonyl (C=O) groups is 1. The number of benzene rings is 1. The second-order valence-electron chi connectivity index (χ2n) is 5.20. The number of aromatic hydroxyl groups is 1. The molecule has 128 valence electrons. The predicted octanol–water partition coefficient (Wildman–Crippen LogP) is -0.0144. The second-order valence-corrected chi connectivity index (χ2v) is 6.80. The van der Waals surface area contributed by atoms with E-state index in [4.69, 9.17) is 0 Å². The van der Waals surface area contributed by atoms with E-state index in [-0.39, 0.29) is 5.69 Å². The molecule has 11 heteroatoms. The Labute approximate surface area is 137 Å². The van der Waals surface area contributed by atoms with Crippen molar-refractivity contribution < 1.29 is 22.7 Å². The van der Waals surface area contributed by atoms with Crippen LogP contribution in [0.25, 0.3) is 0 Å². The van der Waals surface area contributed by atoms with Crippen molar-refractivity contribution in [2.45, 2.75) is 13.2 Å². The molecule has 2 aliphatic heterocycles. The average Bonchev–Trinajstić information content (AvgIpc) is 2.71. The van der Waals surface area contributed by atoms with Gasteiger partial charge in [-0.25, -0.2) is 18.4 Å². The summed E-state index contributed by atoms with van der Waals surface area (Å²) in [6.45, 7) is 1.22. The maximum Gasteiger partial charge on any atom is 0.326 e. The largest absolute Gasteiger partial charge is 0.506 e. The van der Waals surface area contributed by atoms with E-state index >= 15 is 0 Å². The monoisotopic (exact) mass is 355 g/mol.